The van der Waals surface area contributed by atoms with Crippen molar-refractivity contribution in [3.8, 4) is 11.1 Å². The van der Waals surface area contributed by atoms with Gasteiger partial charge in [-0.25, -0.2) is 0 Å². The van der Waals surface area contributed by atoms with Crippen molar-refractivity contribution < 1.29 is 4.79 Å². The minimum absolute atomic E-state index is 0.0692. The van der Waals surface area contributed by atoms with Crippen molar-refractivity contribution in [1.82, 2.24) is 10.2 Å². The number of carbonyl (C=O) groups is 1. The summed E-state index contributed by atoms with van der Waals surface area (Å²) in [6.07, 6.45) is 0. The molecule has 2 atom stereocenters. The molecule has 0 aromatic heterocycles. The van der Waals surface area contributed by atoms with Gasteiger partial charge in [-0.1, -0.05) is 48.5 Å². The molecule has 26 heavy (non-hydrogen) atoms. The van der Waals surface area contributed by atoms with Gasteiger partial charge in [0.25, 0.3) is 5.91 Å². The average molecular weight is 342 g/mol. The van der Waals surface area contributed by atoms with E-state index in [1.54, 1.807) is 0 Å². The zero-order valence-electron chi connectivity index (χ0n) is 14.9. The van der Waals surface area contributed by atoms with Gasteiger partial charge < -0.3 is 10.2 Å². The monoisotopic (exact) mass is 342 g/mol. The fourth-order valence-corrected chi connectivity index (χ4v) is 4.59. The Kier molecular flexibility index (Phi) is 3.57. The maximum Gasteiger partial charge on any atom is 0.251 e. The van der Waals surface area contributed by atoms with E-state index in [0.29, 0.717) is 11.8 Å². The maximum atomic E-state index is 12.7. The van der Waals surface area contributed by atoms with E-state index in [2.05, 4.69) is 77.9 Å². The summed E-state index contributed by atoms with van der Waals surface area (Å²) >= 11 is 0. The van der Waals surface area contributed by atoms with Crippen LogP contribution in [0.5, 0.6) is 0 Å². The molecule has 1 saturated heterocycles. The third-order valence-electron chi connectivity index (χ3n) is 5.93. The Hall–Kier alpha value is -2.65. The molecular formula is C23H22N2O. The van der Waals surface area contributed by atoms with Crippen LogP contribution in [0.4, 0.5) is 0 Å². The molecule has 0 saturated carbocycles. The lowest BCUT2D eigenvalue weighted by Crippen LogP contribution is -2.29. The second-order valence-corrected chi connectivity index (χ2v) is 7.66. The molecule has 0 spiro atoms. The fourth-order valence-electron chi connectivity index (χ4n) is 4.59. The Morgan fingerprint density at radius 3 is 2.58 bits per heavy atom. The van der Waals surface area contributed by atoms with E-state index in [4.69, 9.17) is 0 Å². The number of nitrogens with zero attached hydrogens (tertiary/aromatic N) is 1. The SMILES string of the molecule is CN1C[C@H]2CNC(=O)c3cc(-c4ccc5ccccc5c4)ccc3[C@@H]2C1. The lowest BCUT2D eigenvalue weighted by atomic mass is 9.86. The van der Waals surface area contributed by atoms with Gasteiger partial charge >= 0.3 is 0 Å². The number of nitrogens with one attached hydrogen (secondary N) is 1. The lowest BCUT2D eigenvalue weighted by Gasteiger charge is -2.17. The van der Waals surface area contributed by atoms with Crippen LogP contribution in [0.2, 0.25) is 0 Å². The number of carbonyl (C=O) groups excluding carboxylic acids is 1. The normalized spacial score (nSPS) is 22.6. The molecule has 2 heterocycles. The maximum absolute atomic E-state index is 12.7. The van der Waals surface area contributed by atoms with Gasteiger partial charge in [-0.05, 0) is 52.6 Å². The average Bonchev–Trinajstić information content (AvgIpc) is 3.00. The standard InChI is InChI=1S/C23H22N2O/c1-25-13-19-12-24-23(26)21-11-18(8-9-20(21)22(19)14-25)17-7-6-15-4-2-3-5-16(15)10-17/h2-11,19,22H,12-14H2,1H3,(H,24,26)/t19-,22-/m1/s1. The first-order valence-corrected chi connectivity index (χ1v) is 9.29. The molecule has 0 aliphatic carbocycles. The quantitative estimate of drug-likeness (QED) is 0.727. The van der Waals surface area contributed by atoms with Crippen LogP contribution in [0, 0.1) is 5.92 Å². The van der Waals surface area contributed by atoms with Crippen LogP contribution in [0.1, 0.15) is 21.8 Å². The molecule has 0 radical (unpaired) electrons. The van der Waals surface area contributed by atoms with Gasteiger partial charge in [-0.15, -0.1) is 0 Å². The van der Waals surface area contributed by atoms with Crippen LogP contribution in [-0.4, -0.2) is 37.5 Å². The highest BCUT2D eigenvalue weighted by Gasteiger charge is 2.36. The fraction of sp³-hybridized carbons (Fsp3) is 0.261. The van der Waals surface area contributed by atoms with E-state index in [1.165, 1.54) is 16.3 Å². The van der Waals surface area contributed by atoms with Crippen molar-refractivity contribution in [2.24, 2.45) is 5.92 Å². The van der Waals surface area contributed by atoms with E-state index < -0.39 is 0 Å². The molecule has 0 bridgehead atoms. The number of likely N-dealkylation sites (N-methyl/N-ethyl adjacent to an activating group) is 1. The molecule has 1 amide bonds. The Bertz CT molecular complexity index is 1010. The predicted octanol–water partition coefficient (Wildman–Crippen LogP) is 3.90. The van der Waals surface area contributed by atoms with Crippen molar-refractivity contribution in [2.75, 3.05) is 26.7 Å². The zero-order valence-corrected chi connectivity index (χ0v) is 14.9. The minimum Gasteiger partial charge on any atom is -0.352 e. The molecule has 1 fully saturated rings. The van der Waals surface area contributed by atoms with Gasteiger partial charge in [-0.2, -0.15) is 0 Å². The smallest absolute Gasteiger partial charge is 0.251 e. The summed E-state index contributed by atoms with van der Waals surface area (Å²) in [6.45, 7) is 2.85. The Morgan fingerprint density at radius 2 is 1.69 bits per heavy atom. The number of amides is 1. The first-order chi connectivity index (χ1) is 12.7. The minimum atomic E-state index is 0.0692. The zero-order chi connectivity index (χ0) is 17.7. The highest BCUT2D eigenvalue weighted by Crippen LogP contribution is 2.37. The Balaban J connectivity index is 1.60. The van der Waals surface area contributed by atoms with Crippen LogP contribution >= 0.6 is 0 Å². The third-order valence-corrected chi connectivity index (χ3v) is 5.93. The van der Waals surface area contributed by atoms with Gasteiger partial charge in [0.05, 0.1) is 0 Å². The number of hydrogen-bond donors (Lipinski definition) is 1. The molecule has 3 aromatic carbocycles. The summed E-state index contributed by atoms with van der Waals surface area (Å²) in [5.74, 6) is 1.02. The number of fused-ring (bicyclic) bond motifs is 4. The summed E-state index contributed by atoms with van der Waals surface area (Å²) in [7, 11) is 2.17. The first-order valence-electron chi connectivity index (χ1n) is 9.29. The van der Waals surface area contributed by atoms with Crippen molar-refractivity contribution in [2.45, 2.75) is 5.92 Å². The summed E-state index contributed by atoms with van der Waals surface area (Å²) in [4.78, 5) is 15.1. The van der Waals surface area contributed by atoms with Crippen LogP contribution in [0.3, 0.4) is 0 Å². The first kappa shape index (κ1) is 15.6. The second-order valence-electron chi connectivity index (χ2n) is 7.66. The molecule has 3 heteroatoms. The molecule has 3 aromatic rings. The van der Waals surface area contributed by atoms with Gasteiger partial charge in [0.15, 0.2) is 0 Å². The highest BCUT2D eigenvalue weighted by atomic mass is 16.1. The third kappa shape index (κ3) is 2.51. The molecule has 5 rings (SSSR count). The van der Waals surface area contributed by atoms with Crippen LogP contribution in [-0.2, 0) is 0 Å². The van der Waals surface area contributed by atoms with E-state index >= 15 is 0 Å². The molecular weight excluding hydrogens is 320 g/mol. The van der Waals surface area contributed by atoms with Crippen molar-refractivity contribution >= 4 is 16.7 Å². The number of hydrogen-bond acceptors (Lipinski definition) is 2. The van der Waals surface area contributed by atoms with E-state index in [9.17, 15) is 4.79 Å². The molecule has 3 nitrogen and oxygen atoms in total. The van der Waals surface area contributed by atoms with Gasteiger partial charge in [0.2, 0.25) is 0 Å². The van der Waals surface area contributed by atoms with Gasteiger partial charge in [0.1, 0.15) is 0 Å². The van der Waals surface area contributed by atoms with Crippen LogP contribution < -0.4 is 5.32 Å². The predicted molar refractivity (Wildman–Crippen MR) is 105 cm³/mol. The van der Waals surface area contributed by atoms with E-state index in [0.717, 1.165) is 36.3 Å². The molecule has 0 unspecified atom stereocenters. The molecule has 1 N–H and O–H groups in total. The summed E-state index contributed by atoms with van der Waals surface area (Å²) < 4.78 is 0. The van der Waals surface area contributed by atoms with Crippen molar-refractivity contribution in [1.29, 1.82) is 0 Å². The van der Waals surface area contributed by atoms with Gasteiger partial charge in [0, 0.05) is 31.1 Å². The Labute approximate surface area is 153 Å². The Morgan fingerprint density at radius 1 is 0.923 bits per heavy atom. The highest BCUT2D eigenvalue weighted by molar-refractivity contribution is 5.98. The van der Waals surface area contributed by atoms with Crippen molar-refractivity contribution in [3.63, 3.8) is 0 Å². The number of likely N-dealkylation sites (tertiary alicyclic amines) is 1. The second kappa shape index (κ2) is 5.96. The summed E-state index contributed by atoms with van der Waals surface area (Å²) in [5.41, 5.74) is 4.32. The number of rotatable bonds is 1. The topological polar surface area (TPSA) is 32.3 Å². The summed E-state index contributed by atoms with van der Waals surface area (Å²) in [5, 5.41) is 5.60. The molecule has 2 aliphatic heterocycles. The summed E-state index contributed by atoms with van der Waals surface area (Å²) in [6, 6.07) is 21.3. The van der Waals surface area contributed by atoms with E-state index in [-0.39, 0.29) is 5.91 Å². The number of benzene rings is 3. The molecule has 130 valence electrons. The van der Waals surface area contributed by atoms with Gasteiger partial charge in [-0.3, -0.25) is 4.79 Å². The van der Waals surface area contributed by atoms with Crippen LogP contribution in [0.15, 0.2) is 60.7 Å². The van der Waals surface area contributed by atoms with Crippen molar-refractivity contribution in [3.05, 3.63) is 71.8 Å². The molecule has 2 aliphatic rings. The largest absolute Gasteiger partial charge is 0.352 e. The van der Waals surface area contributed by atoms with Crippen LogP contribution in [0.25, 0.3) is 21.9 Å². The van der Waals surface area contributed by atoms with E-state index in [1.807, 2.05) is 0 Å². The lowest BCUT2D eigenvalue weighted by molar-refractivity contribution is 0.0951.